The van der Waals surface area contributed by atoms with Crippen LogP contribution in [0.25, 0.3) is 0 Å². The highest BCUT2D eigenvalue weighted by atomic mass is 32.2. The summed E-state index contributed by atoms with van der Waals surface area (Å²) in [5.74, 6) is 2.07. The summed E-state index contributed by atoms with van der Waals surface area (Å²) in [7, 11) is 0. The van der Waals surface area contributed by atoms with Crippen molar-refractivity contribution in [3.05, 3.63) is 18.2 Å². The molecule has 1 aliphatic rings. The van der Waals surface area contributed by atoms with Crippen LogP contribution in [0.4, 0.5) is 11.4 Å². The van der Waals surface area contributed by atoms with Crippen molar-refractivity contribution in [3.8, 4) is 5.75 Å². The van der Waals surface area contributed by atoms with Crippen LogP contribution >= 0.6 is 11.8 Å². The van der Waals surface area contributed by atoms with Gasteiger partial charge in [0.15, 0.2) is 0 Å². The van der Waals surface area contributed by atoms with E-state index in [1.54, 1.807) is 0 Å². The van der Waals surface area contributed by atoms with Gasteiger partial charge in [0.2, 0.25) is 0 Å². The maximum absolute atomic E-state index is 5.96. The molecule has 2 N–H and O–H groups in total. The van der Waals surface area contributed by atoms with Crippen LogP contribution in [0.2, 0.25) is 0 Å². The Kier molecular flexibility index (Phi) is 4.64. The quantitative estimate of drug-likeness (QED) is 0.850. The second-order valence-electron chi connectivity index (χ2n) is 4.74. The highest BCUT2D eigenvalue weighted by molar-refractivity contribution is 8.00. The molecule has 1 fully saturated rings. The number of hydrogen-bond acceptors (Lipinski definition) is 4. The molecule has 1 saturated heterocycles. The van der Waals surface area contributed by atoms with Crippen LogP contribution in [0.1, 0.15) is 20.3 Å². The minimum Gasteiger partial charge on any atom is -0.493 e. The Morgan fingerprint density at radius 2 is 2.28 bits per heavy atom. The normalized spacial score (nSPS) is 19.9. The summed E-state index contributed by atoms with van der Waals surface area (Å²) in [4.78, 5) is 2.40. The molecule has 100 valence electrons. The van der Waals surface area contributed by atoms with Gasteiger partial charge in [-0.2, -0.15) is 11.8 Å². The molecule has 18 heavy (non-hydrogen) atoms. The van der Waals surface area contributed by atoms with Gasteiger partial charge in [-0.15, -0.1) is 0 Å². The first-order chi connectivity index (χ1) is 8.69. The van der Waals surface area contributed by atoms with Crippen molar-refractivity contribution < 1.29 is 4.74 Å². The Labute approximate surface area is 114 Å². The molecule has 1 aromatic rings. The maximum Gasteiger partial charge on any atom is 0.123 e. The second kappa shape index (κ2) is 6.23. The van der Waals surface area contributed by atoms with Crippen LogP contribution in [0.5, 0.6) is 5.75 Å². The zero-order valence-electron chi connectivity index (χ0n) is 11.2. The Morgan fingerprint density at radius 3 is 3.00 bits per heavy atom. The fourth-order valence-corrected chi connectivity index (χ4v) is 3.16. The third-order valence-corrected chi connectivity index (χ3v) is 4.13. The molecule has 1 atom stereocenters. The van der Waals surface area contributed by atoms with Gasteiger partial charge in [-0.05, 0) is 12.5 Å². The molecule has 3 nitrogen and oxygen atoms in total. The Bertz CT molecular complexity index is 397. The van der Waals surface area contributed by atoms with Crippen molar-refractivity contribution in [1.82, 2.24) is 0 Å². The van der Waals surface area contributed by atoms with Crippen LogP contribution < -0.4 is 15.4 Å². The van der Waals surface area contributed by atoms with Crippen LogP contribution in [0.3, 0.4) is 0 Å². The molecule has 1 heterocycles. The van der Waals surface area contributed by atoms with Crippen LogP contribution in [0, 0.1) is 0 Å². The van der Waals surface area contributed by atoms with Crippen LogP contribution in [-0.4, -0.2) is 30.7 Å². The first-order valence-electron chi connectivity index (χ1n) is 6.59. The van der Waals surface area contributed by atoms with E-state index in [4.69, 9.17) is 10.5 Å². The van der Waals surface area contributed by atoms with Crippen LogP contribution in [0.15, 0.2) is 18.2 Å². The number of nitrogen functional groups attached to an aromatic ring is 1. The lowest BCUT2D eigenvalue weighted by Crippen LogP contribution is -2.36. The summed E-state index contributed by atoms with van der Waals surface area (Å²) in [6.45, 7) is 7.30. The summed E-state index contributed by atoms with van der Waals surface area (Å²) in [6, 6.07) is 6.05. The van der Waals surface area contributed by atoms with Gasteiger partial charge in [-0.25, -0.2) is 0 Å². The van der Waals surface area contributed by atoms with E-state index >= 15 is 0 Å². The summed E-state index contributed by atoms with van der Waals surface area (Å²) >= 11 is 2.03. The van der Waals surface area contributed by atoms with E-state index in [-0.39, 0.29) is 0 Å². The van der Waals surface area contributed by atoms with E-state index in [1.807, 2.05) is 23.9 Å². The molecule has 1 aliphatic heterocycles. The minimum absolute atomic E-state index is 0.681. The van der Waals surface area contributed by atoms with E-state index in [0.717, 1.165) is 37.6 Å². The highest BCUT2D eigenvalue weighted by Crippen LogP contribution is 2.29. The molecular weight excluding hydrogens is 244 g/mol. The molecule has 0 radical (unpaired) electrons. The van der Waals surface area contributed by atoms with Gasteiger partial charge in [0.25, 0.3) is 0 Å². The first-order valence-corrected chi connectivity index (χ1v) is 7.64. The standard InChI is InChI=1S/C14H22N2OS/c1-3-5-17-14-8-12(15)7-13(9-14)16-4-6-18-11(2)10-16/h7-9,11H,3-6,10,15H2,1-2H3. The molecule has 0 bridgehead atoms. The number of anilines is 2. The van der Waals surface area contributed by atoms with E-state index in [0.29, 0.717) is 5.25 Å². The number of nitrogens with two attached hydrogens (primary N) is 1. The highest BCUT2D eigenvalue weighted by Gasteiger charge is 2.17. The Hall–Kier alpha value is -1.03. The molecule has 2 rings (SSSR count). The zero-order chi connectivity index (χ0) is 13.0. The number of ether oxygens (including phenoxy) is 1. The Balaban J connectivity index is 2.13. The SMILES string of the molecule is CCCOc1cc(N)cc(N2CCSC(C)C2)c1. The van der Waals surface area contributed by atoms with Crippen molar-refractivity contribution >= 4 is 23.1 Å². The predicted molar refractivity (Wildman–Crippen MR) is 80.8 cm³/mol. The number of thioether (sulfide) groups is 1. The molecule has 1 aromatic carbocycles. The fourth-order valence-electron chi connectivity index (χ4n) is 2.14. The smallest absolute Gasteiger partial charge is 0.123 e. The average molecular weight is 266 g/mol. The number of benzene rings is 1. The summed E-state index contributed by atoms with van der Waals surface area (Å²) in [6.07, 6.45) is 1.02. The second-order valence-corrected chi connectivity index (χ2v) is 6.28. The van der Waals surface area contributed by atoms with E-state index in [2.05, 4.69) is 24.8 Å². The minimum atomic E-state index is 0.681. The van der Waals surface area contributed by atoms with Gasteiger partial charge >= 0.3 is 0 Å². The third kappa shape index (κ3) is 3.48. The third-order valence-electron chi connectivity index (χ3n) is 2.99. The van der Waals surface area contributed by atoms with Gasteiger partial charge in [0.05, 0.1) is 6.61 Å². The van der Waals surface area contributed by atoms with E-state index in [1.165, 1.54) is 11.4 Å². The summed E-state index contributed by atoms with van der Waals surface area (Å²) in [5.41, 5.74) is 7.93. The van der Waals surface area contributed by atoms with Crippen LogP contribution in [-0.2, 0) is 0 Å². The lowest BCUT2D eigenvalue weighted by atomic mass is 10.2. The summed E-state index contributed by atoms with van der Waals surface area (Å²) < 4.78 is 5.68. The van der Waals surface area contributed by atoms with Gasteiger partial charge < -0.3 is 15.4 Å². The Morgan fingerprint density at radius 1 is 1.44 bits per heavy atom. The van der Waals surface area contributed by atoms with Crippen molar-refractivity contribution in [2.45, 2.75) is 25.5 Å². The molecule has 4 heteroatoms. The molecule has 0 spiro atoms. The van der Waals surface area contributed by atoms with E-state index in [9.17, 15) is 0 Å². The maximum atomic E-state index is 5.96. The monoisotopic (exact) mass is 266 g/mol. The largest absolute Gasteiger partial charge is 0.493 e. The molecule has 0 aromatic heterocycles. The molecule has 0 aliphatic carbocycles. The number of rotatable bonds is 4. The molecular formula is C14H22N2OS. The lowest BCUT2D eigenvalue weighted by molar-refractivity contribution is 0.317. The van der Waals surface area contributed by atoms with Gasteiger partial charge in [0, 0.05) is 47.6 Å². The molecule has 1 unspecified atom stereocenters. The molecule has 0 saturated carbocycles. The van der Waals surface area contributed by atoms with Crippen molar-refractivity contribution in [2.24, 2.45) is 0 Å². The number of hydrogen-bond donors (Lipinski definition) is 1. The first kappa shape index (κ1) is 13.4. The van der Waals surface area contributed by atoms with Gasteiger partial charge in [-0.1, -0.05) is 13.8 Å². The van der Waals surface area contributed by atoms with Crippen molar-refractivity contribution in [3.63, 3.8) is 0 Å². The lowest BCUT2D eigenvalue weighted by Gasteiger charge is -2.32. The molecule has 0 amide bonds. The topological polar surface area (TPSA) is 38.5 Å². The predicted octanol–water partition coefficient (Wildman–Crippen LogP) is 3.00. The van der Waals surface area contributed by atoms with Gasteiger partial charge in [0.1, 0.15) is 5.75 Å². The van der Waals surface area contributed by atoms with Crippen molar-refractivity contribution in [1.29, 1.82) is 0 Å². The number of nitrogens with zero attached hydrogens (tertiary/aromatic N) is 1. The van der Waals surface area contributed by atoms with Gasteiger partial charge in [-0.3, -0.25) is 0 Å². The fraction of sp³-hybridized carbons (Fsp3) is 0.571. The average Bonchev–Trinajstić information content (AvgIpc) is 2.36. The van der Waals surface area contributed by atoms with Crippen molar-refractivity contribution in [2.75, 3.05) is 36.1 Å². The zero-order valence-corrected chi connectivity index (χ0v) is 12.0. The summed E-state index contributed by atoms with van der Waals surface area (Å²) in [5, 5.41) is 0.681. The van der Waals surface area contributed by atoms with E-state index < -0.39 is 0 Å².